The molecule has 3 aromatic rings. The lowest BCUT2D eigenvalue weighted by atomic mass is 10.1. The third kappa shape index (κ3) is 3.30. The fourth-order valence-corrected chi connectivity index (χ4v) is 4.57. The Hall–Kier alpha value is -2.69. The molecule has 3 heterocycles. The highest BCUT2D eigenvalue weighted by Crippen LogP contribution is 2.37. The van der Waals surface area contributed by atoms with E-state index in [2.05, 4.69) is 22.8 Å². The molecule has 6 nitrogen and oxygen atoms in total. The molecule has 0 N–H and O–H groups in total. The summed E-state index contributed by atoms with van der Waals surface area (Å²) in [6.07, 6.45) is 0. The molecule has 2 aromatic heterocycles. The van der Waals surface area contributed by atoms with Gasteiger partial charge in [-0.05, 0) is 43.3 Å². The van der Waals surface area contributed by atoms with E-state index in [1.807, 2.05) is 31.2 Å². The van der Waals surface area contributed by atoms with E-state index in [0.29, 0.717) is 10.7 Å². The third-order valence-corrected chi connectivity index (χ3v) is 6.43. The fraction of sp³-hybridized carbons (Fsp3) is 0.381. The van der Waals surface area contributed by atoms with E-state index < -0.39 is 0 Å². The molecule has 1 aliphatic rings. The molecule has 1 saturated heterocycles. The van der Waals surface area contributed by atoms with Gasteiger partial charge >= 0.3 is 0 Å². The van der Waals surface area contributed by atoms with Crippen molar-refractivity contribution >= 4 is 27.4 Å². The van der Waals surface area contributed by atoms with E-state index in [4.69, 9.17) is 14.7 Å². The van der Waals surface area contributed by atoms with E-state index in [1.54, 1.807) is 7.11 Å². The van der Waals surface area contributed by atoms with E-state index in [1.165, 1.54) is 11.3 Å². The molecule has 0 amide bonds. The van der Waals surface area contributed by atoms with Gasteiger partial charge in [-0.3, -0.25) is 0 Å². The number of benzene rings is 1. The van der Waals surface area contributed by atoms with Crippen LogP contribution in [0.2, 0.25) is 0 Å². The number of aromatic nitrogens is 2. The van der Waals surface area contributed by atoms with Crippen LogP contribution in [-0.2, 0) is 0 Å². The Balaban J connectivity index is 1.83. The van der Waals surface area contributed by atoms with Gasteiger partial charge in [-0.2, -0.15) is 5.26 Å². The molecular formula is C21H23N5OS. The van der Waals surface area contributed by atoms with Gasteiger partial charge in [0.2, 0.25) is 0 Å². The van der Waals surface area contributed by atoms with E-state index in [-0.39, 0.29) is 0 Å². The van der Waals surface area contributed by atoms with Gasteiger partial charge in [0.15, 0.2) is 5.82 Å². The Morgan fingerprint density at radius 2 is 1.86 bits per heavy atom. The summed E-state index contributed by atoms with van der Waals surface area (Å²) < 4.78 is 5.26. The lowest BCUT2D eigenvalue weighted by Crippen LogP contribution is -2.46. The topological polar surface area (TPSA) is 65.3 Å². The summed E-state index contributed by atoms with van der Waals surface area (Å²) >= 11 is 1.45. The van der Waals surface area contributed by atoms with Crippen LogP contribution >= 0.6 is 11.3 Å². The molecule has 1 aliphatic heterocycles. The van der Waals surface area contributed by atoms with Crippen LogP contribution in [0.25, 0.3) is 21.6 Å². The summed E-state index contributed by atoms with van der Waals surface area (Å²) in [5.41, 5.74) is 1.93. The molecule has 0 spiro atoms. The number of hydrogen-bond donors (Lipinski definition) is 0. The Bertz CT molecular complexity index is 1030. The molecule has 1 aromatic carbocycles. The minimum absolute atomic E-state index is 0.689. The molecule has 4 rings (SSSR count). The van der Waals surface area contributed by atoms with Crippen molar-refractivity contribution in [2.45, 2.75) is 13.8 Å². The molecule has 28 heavy (non-hydrogen) atoms. The number of ether oxygens (including phenoxy) is 1. The van der Waals surface area contributed by atoms with Crippen LogP contribution < -0.4 is 9.64 Å². The second-order valence-electron chi connectivity index (χ2n) is 6.87. The SMILES string of the molecule is CCN1CCN(c2nc(-c3ccc(OC)cc3)nc3sc(C#N)c(C)c23)CC1. The first-order valence-corrected chi connectivity index (χ1v) is 10.3. The number of nitriles is 1. The third-order valence-electron chi connectivity index (χ3n) is 5.34. The number of aryl methyl sites for hydroxylation is 1. The first-order valence-electron chi connectivity index (χ1n) is 9.47. The number of fused-ring (bicyclic) bond motifs is 1. The molecule has 0 aliphatic carbocycles. The molecule has 0 unspecified atom stereocenters. The van der Waals surface area contributed by atoms with Gasteiger partial charge in [0, 0.05) is 31.7 Å². The van der Waals surface area contributed by atoms with Crippen LogP contribution in [0.1, 0.15) is 17.4 Å². The van der Waals surface area contributed by atoms with Crippen molar-refractivity contribution in [2.24, 2.45) is 0 Å². The number of thiophene rings is 1. The van der Waals surface area contributed by atoms with E-state index in [0.717, 1.165) is 65.6 Å². The normalized spacial score (nSPS) is 15.0. The van der Waals surface area contributed by atoms with Gasteiger partial charge in [0.05, 0.1) is 12.5 Å². The molecule has 0 atom stereocenters. The van der Waals surface area contributed by atoms with Gasteiger partial charge in [-0.1, -0.05) is 6.92 Å². The van der Waals surface area contributed by atoms with Gasteiger partial charge in [-0.25, -0.2) is 9.97 Å². The van der Waals surface area contributed by atoms with Crippen LogP contribution in [0, 0.1) is 18.3 Å². The number of piperazine rings is 1. The highest BCUT2D eigenvalue weighted by atomic mass is 32.1. The van der Waals surface area contributed by atoms with Crippen molar-refractivity contribution in [3.63, 3.8) is 0 Å². The molecule has 0 saturated carbocycles. The van der Waals surface area contributed by atoms with Crippen LogP contribution in [0.15, 0.2) is 24.3 Å². The zero-order valence-corrected chi connectivity index (χ0v) is 17.2. The van der Waals surface area contributed by atoms with Crippen molar-refractivity contribution in [3.05, 3.63) is 34.7 Å². The Morgan fingerprint density at radius 3 is 2.46 bits per heavy atom. The van der Waals surface area contributed by atoms with Crippen LogP contribution in [0.4, 0.5) is 5.82 Å². The fourth-order valence-electron chi connectivity index (χ4n) is 3.60. The summed E-state index contributed by atoms with van der Waals surface area (Å²) in [7, 11) is 1.66. The van der Waals surface area contributed by atoms with Crippen molar-refractivity contribution < 1.29 is 4.74 Å². The number of hydrogen-bond acceptors (Lipinski definition) is 7. The van der Waals surface area contributed by atoms with Gasteiger partial charge in [0.1, 0.15) is 27.3 Å². The van der Waals surface area contributed by atoms with Crippen LogP contribution in [0.3, 0.4) is 0 Å². The highest BCUT2D eigenvalue weighted by Gasteiger charge is 2.23. The van der Waals surface area contributed by atoms with Crippen molar-refractivity contribution in [1.29, 1.82) is 5.26 Å². The number of likely N-dealkylation sites (N-methyl/N-ethyl adjacent to an activating group) is 1. The predicted octanol–water partition coefficient (Wildman–Crippen LogP) is 3.69. The largest absolute Gasteiger partial charge is 0.497 e. The molecule has 1 fully saturated rings. The lowest BCUT2D eigenvalue weighted by molar-refractivity contribution is 0.271. The number of nitrogens with zero attached hydrogens (tertiary/aromatic N) is 5. The smallest absolute Gasteiger partial charge is 0.163 e. The van der Waals surface area contributed by atoms with Crippen molar-refractivity contribution in [3.8, 4) is 23.2 Å². The van der Waals surface area contributed by atoms with E-state index in [9.17, 15) is 5.26 Å². The lowest BCUT2D eigenvalue weighted by Gasteiger charge is -2.35. The Labute approximate surface area is 169 Å². The van der Waals surface area contributed by atoms with Crippen molar-refractivity contribution in [1.82, 2.24) is 14.9 Å². The maximum atomic E-state index is 9.51. The summed E-state index contributed by atoms with van der Waals surface area (Å²) in [6.45, 7) is 9.17. The molecule has 7 heteroatoms. The average molecular weight is 394 g/mol. The summed E-state index contributed by atoms with van der Waals surface area (Å²) in [4.78, 5) is 16.1. The molecule has 144 valence electrons. The zero-order valence-electron chi connectivity index (χ0n) is 16.4. The zero-order chi connectivity index (χ0) is 19.7. The maximum absolute atomic E-state index is 9.51. The number of methoxy groups -OCH3 is 1. The Morgan fingerprint density at radius 1 is 1.14 bits per heavy atom. The maximum Gasteiger partial charge on any atom is 0.163 e. The minimum atomic E-state index is 0.689. The number of anilines is 1. The standard InChI is InChI=1S/C21H23N5OS/c1-4-25-9-11-26(12-10-25)20-18-14(2)17(13-22)28-21(18)24-19(23-20)15-5-7-16(27-3)8-6-15/h5-8H,4,9-12H2,1-3H3. The minimum Gasteiger partial charge on any atom is -0.497 e. The van der Waals surface area contributed by atoms with Gasteiger partial charge < -0.3 is 14.5 Å². The number of rotatable bonds is 4. The summed E-state index contributed by atoms with van der Waals surface area (Å²) in [5.74, 6) is 2.44. The monoisotopic (exact) mass is 393 g/mol. The predicted molar refractivity (Wildman–Crippen MR) is 113 cm³/mol. The molecular weight excluding hydrogens is 370 g/mol. The highest BCUT2D eigenvalue weighted by molar-refractivity contribution is 7.19. The first-order chi connectivity index (χ1) is 13.6. The Kier molecular flexibility index (Phi) is 5.16. The van der Waals surface area contributed by atoms with Crippen molar-refractivity contribution in [2.75, 3.05) is 44.7 Å². The first kappa shape index (κ1) is 18.7. The second kappa shape index (κ2) is 7.74. The van der Waals surface area contributed by atoms with Gasteiger partial charge in [-0.15, -0.1) is 11.3 Å². The molecule has 0 bridgehead atoms. The van der Waals surface area contributed by atoms with Crippen LogP contribution in [-0.4, -0.2) is 54.7 Å². The summed E-state index contributed by atoms with van der Waals surface area (Å²) in [5, 5.41) is 10.5. The van der Waals surface area contributed by atoms with Crippen LogP contribution in [0.5, 0.6) is 5.75 Å². The van der Waals surface area contributed by atoms with E-state index >= 15 is 0 Å². The average Bonchev–Trinajstić information content (AvgIpc) is 3.09. The second-order valence-corrected chi connectivity index (χ2v) is 7.87. The van der Waals surface area contributed by atoms with Gasteiger partial charge in [0.25, 0.3) is 0 Å². The quantitative estimate of drug-likeness (QED) is 0.674. The summed E-state index contributed by atoms with van der Waals surface area (Å²) in [6, 6.07) is 10.1. The molecule has 0 radical (unpaired) electrons.